The Labute approximate surface area is 122 Å². The highest BCUT2D eigenvalue weighted by Crippen LogP contribution is 2.29. The third kappa shape index (κ3) is 2.79. The highest BCUT2D eigenvalue weighted by Gasteiger charge is 2.29. The van der Waals surface area contributed by atoms with Crippen LogP contribution in [0.15, 0.2) is 39.6 Å². The minimum absolute atomic E-state index is 0.0221. The third-order valence-electron chi connectivity index (χ3n) is 3.06. The molecule has 0 aliphatic carbocycles. The number of hydrogen-bond acceptors (Lipinski definition) is 4. The molecule has 0 aliphatic heterocycles. The molecule has 5 nitrogen and oxygen atoms in total. The van der Waals surface area contributed by atoms with E-state index in [0.717, 1.165) is 4.31 Å². The van der Waals surface area contributed by atoms with Gasteiger partial charge >= 0.3 is 0 Å². The van der Waals surface area contributed by atoms with Crippen molar-refractivity contribution in [1.29, 1.82) is 0 Å². The van der Waals surface area contributed by atoms with Gasteiger partial charge in [0, 0.05) is 12.6 Å². The van der Waals surface area contributed by atoms with Crippen LogP contribution in [0.2, 0.25) is 0 Å². The molecule has 0 amide bonds. The zero-order valence-electron chi connectivity index (χ0n) is 11.7. The van der Waals surface area contributed by atoms with Crippen LogP contribution in [0.3, 0.4) is 0 Å². The van der Waals surface area contributed by atoms with E-state index in [1.165, 1.54) is 31.2 Å². The molecular formula is C14H16FNO4S. The van der Waals surface area contributed by atoms with E-state index in [2.05, 4.69) is 0 Å². The van der Waals surface area contributed by atoms with E-state index in [1.54, 1.807) is 13.0 Å². The van der Waals surface area contributed by atoms with Gasteiger partial charge in [-0.3, -0.25) is 4.31 Å². The van der Waals surface area contributed by atoms with Crippen LogP contribution in [0.4, 0.5) is 10.1 Å². The molecule has 7 heteroatoms. The molecule has 0 atom stereocenters. The molecule has 2 rings (SSSR count). The molecule has 0 radical (unpaired) electrons. The summed E-state index contributed by atoms with van der Waals surface area (Å²) in [5, 5.41) is 9.04. The van der Waals surface area contributed by atoms with Crippen molar-refractivity contribution >= 4 is 15.7 Å². The molecule has 0 aliphatic rings. The van der Waals surface area contributed by atoms with E-state index in [9.17, 15) is 12.8 Å². The lowest BCUT2D eigenvalue weighted by Crippen LogP contribution is -2.31. The lowest BCUT2D eigenvalue weighted by molar-refractivity contribution is 0.244. The fourth-order valence-corrected chi connectivity index (χ4v) is 3.77. The quantitative estimate of drug-likeness (QED) is 0.920. The number of aliphatic hydroxyl groups excluding tert-OH is 1. The second-order valence-corrected chi connectivity index (χ2v) is 6.24. The molecule has 1 heterocycles. The Balaban J connectivity index is 2.55. The van der Waals surface area contributed by atoms with Crippen molar-refractivity contribution in [2.24, 2.45) is 0 Å². The van der Waals surface area contributed by atoms with E-state index in [4.69, 9.17) is 9.52 Å². The normalized spacial score (nSPS) is 11.6. The molecule has 0 fully saturated rings. The minimum atomic E-state index is -3.96. The van der Waals surface area contributed by atoms with Crippen LogP contribution in [-0.2, 0) is 16.6 Å². The lowest BCUT2D eigenvalue weighted by atomic mass is 10.3. The predicted octanol–water partition coefficient (Wildman–Crippen LogP) is 2.43. The zero-order valence-corrected chi connectivity index (χ0v) is 12.5. The Morgan fingerprint density at radius 3 is 2.52 bits per heavy atom. The summed E-state index contributed by atoms with van der Waals surface area (Å²) >= 11 is 0. The maximum absolute atomic E-state index is 13.9. The summed E-state index contributed by atoms with van der Waals surface area (Å²) in [4.78, 5) is -0.0725. The van der Waals surface area contributed by atoms with Crippen LogP contribution >= 0.6 is 0 Å². The molecule has 1 aromatic carbocycles. The number of para-hydroxylation sites is 1. The number of aryl methyl sites for hydroxylation is 1. The number of benzene rings is 1. The number of nitrogens with zero attached hydrogens (tertiary/aromatic N) is 1. The summed E-state index contributed by atoms with van der Waals surface area (Å²) in [5.74, 6) is -0.309. The minimum Gasteiger partial charge on any atom is -0.462 e. The van der Waals surface area contributed by atoms with Crippen molar-refractivity contribution in [3.8, 4) is 0 Å². The predicted molar refractivity (Wildman–Crippen MR) is 76.0 cm³/mol. The summed E-state index contributed by atoms with van der Waals surface area (Å²) in [6.45, 7) is 2.78. The SMILES string of the molecule is CCN(c1ccccc1F)S(=O)(=O)c1cc(CO)oc1C. The van der Waals surface area contributed by atoms with Gasteiger partial charge in [0.1, 0.15) is 28.8 Å². The Morgan fingerprint density at radius 1 is 1.33 bits per heavy atom. The Kier molecular flexibility index (Phi) is 4.34. The topological polar surface area (TPSA) is 70.8 Å². The molecule has 0 spiro atoms. The average molecular weight is 313 g/mol. The number of aliphatic hydroxyl groups is 1. The van der Waals surface area contributed by atoms with Gasteiger partial charge in [-0.1, -0.05) is 12.1 Å². The van der Waals surface area contributed by atoms with E-state index < -0.39 is 22.4 Å². The first-order valence-electron chi connectivity index (χ1n) is 6.39. The van der Waals surface area contributed by atoms with Gasteiger partial charge in [-0.05, 0) is 26.0 Å². The summed E-state index contributed by atoms with van der Waals surface area (Å²) < 4.78 is 45.4. The van der Waals surface area contributed by atoms with E-state index in [1.807, 2.05) is 0 Å². The molecule has 0 bridgehead atoms. The first kappa shape index (κ1) is 15.5. The van der Waals surface area contributed by atoms with Gasteiger partial charge in [-0.15, -0.1) is 0 Å². The Morgan fingerprint density at radius 2 is 2.00 bits per heavy atom. The fourth-order valence-electron chi connectivity index (χ4n) is 2.10. The van der Waals surface area contributed by atoms with Crippen molar-refractivity contribution in [3.63, 3.8) is 0 Å². The van der Waals surface area contributed by atoms with Gasteiger partial charge in [0.25, 0.3) is 10.0 Å². The molecule has 2 aromatic rings. The molecule has 0 saturated carbocycles. The van der Waals surface area contributed by atoms with Crippen LogP contribution in [0, 0.1) is 12.7 Å². The van der Waals surface area contributed by atoms with Gasteiger partial charge in [0.15, 0.2) is 0 Å². The number of rotatable bonds is 5. The molecule has 1 aromatic heterocycles. The lowest BCUT2D eigenvalue weighted by Gasteiger charge is -2.22. The Bertz CT molecular complexity index is 739. The highest BCUT2D eigenvalue weighted by atomic mass is 32.2. The van der Waals surface area contributed by atoms with Gasteiger partial charge in [0.05, 0.1) is 5.69 Å². The van der Waals surface area contributed by atoms with Crippen LogP contribution in [0.25, 0.3) is 0 Å². The van der Waals surface area contributed by atoms with E-state index in [0.29, 0.717) is 0 Å². The molecule has 1 N–H and O–H groups in total. The van der Waals surface area contributed by atoms with Crippen LogP contribution < -0.4 is 4.31 Å². The number of halogens is 1. The van der Waals surface area contributed by atoms with Crippen molar-refractivity contribution in [2.45, 2.75) is 25.3 Å². The van der Waals surface area contributed by atoms with Gasteiger partial charge in [-0.2, -0.15) is 0 Å². The number of hydrogen-bond donors (Lipinski definition) is 1. The number of furan rings is 1. The zero-order chi connectivity index (χ0) is 15.6. The summed E-state index contributed by atoms with van der Waals surface area (Å²) in [7, 11) is -3.96. The first-order chi connectivity index (χ1) is 9.91. The largest absolute Gasteiger partial charge is 0.462 e. The third-order valence-corrected chi connectivity index (χ3v) is 5.05. The number of sulfonamides is 1. The van der Waals surface area contributed by atoms with Gasteiger partial charge in [-0.25, -0.2) is 12.8 Å². The molecule has 114 valence electrons. The highest BCUT2D eigenvalue weighted by molar-refractivity contribution is 7.92. The van der Waals surface area contributed by atoms with E-state index >= 15 is 0 Å². The Hall–Kier alpha value is -1.86. The second-order valence-electron chi connectivity index (χ2n) is 4.41. The molecule has 21 heavy (non-hydrogen) atoms. The smallest absolute Gasteiger partial charge is 0.267 e. The molecular weight excluding hydrogens is 297 g/mol. The van der Waals surface area contributed by atoms with Gasteiger partial charge in [0.2, 0.25) is 0 Å². The van der Waals surface area contributed by atoms with Crippen LogP contribution in [0.1, 0.15) is 18.4 Å². The van der Waals surface area contributed by atoms with E-state index in [-0.39, 0.29) is 28.6 Å². The van der Waals surface area contributed by atoms with Crippen LogP contribution in [0.5, 0.6) is 0 Å². The standard InChI is InChI=1S/C14H16FNO4S/c1-3-16(13-7-5-4-6-12(13)15)21(18,19)14-8-11(9-17)20-10(14)2/h4-8,17H,3,9H2,1-2H3. The summed E-state index contributed by atoms with van der Waals surface area (Å²) in [6.07, 6.45) is 0. The first-order valence-corrected chi connectivity index (χ1v) is 7.83. The van der Waals surface area contributed by atoms with Gasteiger partial charge < -0.3 is 9.52 Å². The molecule has 0 unspecified atom stereocenters. The average Bonchev–Trinajstić information content (AvgIpc) is 2.83. The fraction of sp³-hybridized carbons (Fsp3) is 0.286. The van der Waals surface area contributed by atoms with Crippen molar-refractivity contribution in [3.05, 3.63) is 47.7 Å². The maximum atomic E-state index is 13.9. The molecule has 0 saturated heterocycles. The summed E-state index contributed by atoms with van der Waals surface area (Å²) in [6, 6.07) is 6.92. The van der Waals surface area contributed by atoms with Crippen molar-refractivity contribution in [1.82, 2.24) is 0 Å². The van der Waals surface area contributed by atoms with Crippen molar-refractivity contribution in [2.75, 3.05) is 10.8 Å². The number of anilines is 1. The summed E-state index contributed by atoms with van der Waals surface area (Å²) in [5.41, 5.74) is -0.0221. The van der Waals surface area contributed by atoms with Crippen LogP contribution in [-0.4, -0.2) is 20.1 Å². The van der Waals surface area contributed by atoms with Crippen molar-refractivity contribution < 1.29 is 22.3 Å². The second kappa shape index (κ2) is 5.87. The monoisotopic (exact) mass is 313 g/mol. The maximum Gasteiger partial charge on any atom is 0.267 e.